The molecule has 1 fully saturated rings. The van der Waals surface area contributed by atoms with E-state index in [1.165, 1.54) is 36.4 Å². The number of non-ortho nitro benzene ring substituents is 1. The summed E-state index contributed by atoms with van der Waals surface area (Å²) >= 11 is 6.59. The molecule has 2 rings (SSSR count). The van der Waals surface area contributed by atoms with E-state index in [4.69, 9.17) is 16.7 Å². The molecule has 2 amide bonds. The molecule has 0 saturated carbocycles. The van der Waals surface area contributed by atoms with Gasteiger partial charge < -0.3 is 5.11 Å². The smallest absolute Gasteiger partial charge is 0.323 e. The van der Waals surface area contributed by atoms with Crippen molar-refractivity contribution in [2.45, 2.75) is 0 Å². The lowest BCUT2D eigenvalue weighted by molar-refractivity contribution is -0.384. The number of imide groups is 1. The maximum atomic E-state index is 12.0. The van der Waals surface area contributed by atoms with Crippen molar-refractivity contribution in [1.82, 2.24) is 4.90 Å². The molecule has 0 atom stereocenters. The van der Waals surface area contributed by atoms with Crippen LogP contribution in [0.4, 0.5) is 10.5 Å². The molecule has 1 saturated heterocycles. The van der Waals surface area contributed by atoms with Crippen LogP contribution < -0.4 is 0 Å². The third-order valence-electron chi connectivity index (χ3n) is 2.84. The van der Waals surface area contributed by atoms with Gasteiger partial charge in [0.2, 0.25) is 0 Å². The van der Waals surface area contributed by atoms with Gasteiger partial charge in [-0.1, -0.05) is 11.6 Å². The molecule has 124 valence electrons. The van der Waals surface area contributed by atoms with Crippen molar-refractivity contribution >= 4 is 52.2 Å². The number of nitro benzene ring substituents is 1. The van der Waals surface area contributed by atoms with Crippen molar-refractivity contribution in [3.05, 3.63) is 56.0 Å². The molecule has 1 aliphatic heterocycles. The molecule has 8 nitrogen and oxygen atoms in total. The largest absolute Gasteiger partial charge is 0.480 e. The summed E-state index contributed by atoms with van der Waals surface area (Å²) in [6, 6.07) is 5.56. The van der Waals surface area contributed by atoms with Crippen LogP contribution >= 0.6 is 23.4 Å². The Bertz CT molecular complexity index is 787. The molecule has 0 aromatic heterocycles. The number of nitro groups is 1. The molecule has 1 N–H and O–H groups in total. The minimum Gasteiger partial charge on any atom is -0.480 e. The quantitative estimate of drug-likeness (QED) is 0.482. The third kappa shape index (κ3) is 4.21. The first kappa shape index (κ1) is 17.7. The van der Waals surface area contributed by atoms with Crippen molar-refractivity contribution in [3.63, 3.8) is 0 Å². The minimum absolute atomic E-state index is 0.00408. The highest BCUT2D eigenvalue weighted by Crippen LogP contribution is 2.32. The summed E-state index contributed by atoms with van der Waals surface area (Å²) in [6.45, 7) is -0.717. The van der Waals surface area contributed by atoms with E-state index in [0.717, 1.165) is 0 Å². The lowest BCUT2D eigenvalue weighted by Crippen LogP contribution is -2.33. The number of carbonyl (C=O) groups is 3. The first-order valence-corrected chi connectivity index (χ1v) is 7.56. The first-order valence-electron chi connectivity index (χ1n) is 6.37. The van der Waals surface area contributed by atoms with Gasteiger partial charge in [0.05, 0.1) is 9.83 Å². The van der Waals surface area contributed by atoms with E-state index >= 15 is 0 Å². The average Bonchev–Trinajstić information content (AvgIpc) is 2.75. The molecule has 1 aromatic carbocycles. The highest BCUT2D eigenvalue weighted by molar-refractivity contribution is 8.18. The highest BCUT2D eigenvalue weighted by Gasteiger charge is 2.36. The monoisotopic (exact) mass is 368 g/mol. The van der Waals surface area contributed by atoms with Crippen LogP contribution in [-0.4, -0.2) is 38.6 Å². The van der Waals surface area contributed by atoms with Gasteiger partial charge in [-0.3, -0.25) is 29.4 Å². The van der Waals surface area contributed by atoms with Gasteiger partial charge in [-0.05, 0) is 41.6 Å². The van der Waals surface area contributed by atoms with E-state index in [2.05, 4.69) is 0 Å². The summed E-state index contributed by atoms with van der Waals surface area (Å²) in [7, 11) is 0. The van der Waals surface area contributed by atoms with Crippen LogP contribution in [0.2, 0.25) is 0 Å². The Morgan fingerprint density at radius 2 is 1.96 bits per heavy atom. The Morgan fingerprint density at radius 3 is 2.50 bits per heavy atom. The molecule has 0 spiro atoms. The summed E-state index contributed by atoms with van der Waals surface area (Å²) in [4.78, 5) is 44.8. The lowest BCUT2D eigenvalue weighted by atomic mass is 10.2. The van der Waals surface area contributed by atoms with E-state index in [-0.39, 0.29) is 15.6 Å². The number of benzene rings is 1. The fraction of sp³-hybridized carbons (Fsp3) is 0.0714. The second-order valence-electron chi connectivity index (χ2n) is 4.54. The van der Waals surface area contributed by atoms with E-state index < -0.39 is 28.6 Å². The maximum absolute atomic E-state index is 12.0. The second-order valence-corrected chi connectivity index (χ2v) is 5.97. The zero-order chi connectivity index (χ0) is 17.9. The molecule has 1 aromatic rings. The number of hydrogen-bond donors (Lipinski definition) is 1. The topological polar surface area (TPSA) is 118 Å². The number of thioether (sulfide) groups is 1. The van der Waals surface area contributed by atoms with E-state index in [0.29, 0.717) is 22.2 Å². The molecule has 24 heavy (non-hydrogen) atoms. The lowest BCUT2D eigenvalue weighted by Gasteiger charge is -2.07. The predicted octanol–water partition coefficient (Wildman–Crippen LogP) is 2.84. The molecular formula is C14H9ClN2O6S. The number of carboxylic acid groups (broad SMARTS) is 1. The van der Waals surface area contributed by atoms with E-state index in [1.807, 2.05) is 0 Å². The Morgan fingerprint density at radius 1 is 1.33 bits per heavy atom. The number of aliphatic carboxylic acids is 1. The maximum Gasteiger partial charge on any atom is 0.323 e. The fourth-order valence-corrected chi connectivity index (χ4v) is 2.92. The molecule has 1 aliphatic rings. The van der Waals surface area contributed by atoms with Crippen molar-refractivity contribution in [2.24, 2.45) is 0 Å². The number of carboxylic acids is 1. The Hall–Kier alpha value is -2.65. The van der Waals surface area contributed by atoms with Crippen LogP contribution in [0.1, 0.15) is 5.56 Å². The van der Waals surface area contributed by atoms with Crippen LogP contribution in [0, 0.1) is 10.1 Å². The van der Waals surface area contributed by atoms with E-state index in [1.54, 1.807) is 0 Å². The minimum atomic E-state index is -1.30. The van der Waals surface area contributed by atoms with Crippen LogP contribution in [0.25, 0.3) is 6.08 Å². The zero-order valence-electron chi connectivity index (χ0n) is 11.8. The fourth-order valence-electron chi connectivity index (χ4n) is 1.79. The van der Waals surface area contributed by atoms with Gasteiger partial charge in [-0.2, -0.15) is 0 Å². The van der Waals surface area contributed by atoms with Crippen molar-refractivity contribution in [2.75, 3.05) is 6.54 Å². The number of amides is 2. The van der Waals surface area contributed by atoms with Crippen molar-refractivity contribution < 1.29 is 24.4 Å². The molecular weight excluding hydrogens is 360 g/mol. The molecule has 0 unspecified atom stereocenters. The number of rotatable bonds is 5. The second kappa shape index (κ2) is 7.28. The zero-order valence-corrected chi connectivity index (χ0v) is 13.4. The standard InChI is InChI=1S/C14H9ClN2O6S/c15-9(5-8-1-3-10(4-2-8)17(22)23)6-11-13(20)16(7-12(18)19)14(21)24-11/h1-6H,7H2,(H,18,19). The molecule has 0 bridgehead atoms. The molecule has 0 radical (unpaired) electrons. The Kier molecular flexibility index (Phi) is 5.37. The Labute approximate surface area is 144 Å². The van der Waals surface area contributed by atoms with Gasteiger partial charge in [-0.15, -0.1) is 0 Å². The van der Waals surface area contributed by atoms with Gasteiger partial charge in [0.25, 0.3) is 16.8 Å². The van der Waals surface area contributed by atoms with Crippen LogP contribution in [-0.2, 0) is 9.59 Å². The van der Waals surface area contributed by atoms with Gasteiger partial charge in [-0.25, -0.2) is 0 Å². The average molecular weight is 369 g/mol. The summed E-state index contributed by atoms with van der Waals surface area (Å²) < 4.78 is 0. The van der Waals surface area contributed by atoms with Crippen molar-refractivity contribution in [3.8, 4) is 0 Å². The number of allylic oxidation sites excluding steroid dienone is 2. The number of halogens is 1. The van der Waals surface area contributed by atoms with Gasteiger partial charge >= 0.3 is 5.97 Å². The predicted molar refractivity (Wildman–Crippen MR) is 87.3 cm³/mol. The molecule has 10 heteroatoms. The summed E-state index contributed by atoms with van der Waals surface area (Å²) in [5.41, 5.74) is 0.490. The van der Waals surface area contributed by atoms with Gasteiger partial charge in [0.1, 0.15) is 6.54 Å². The van der Waals surface area contributed by atoms with Gasteiger partial charge in [0.15, 0.2) is 0 Å². The summed E-state index contributed by atoms with van der Waals surface area (Å²) in [5, 5.41) is 18.7. The number of nitrogens with zero attached hydrogens (tertiary/aromatic N) is 2. The first-order chi connectivity index (χ1) is 11.3. The van der Waals surface area contributed by atoms with E-state index in [9.17, 15) is 24.5 Å². The Balaban J connectivity index is 2.18. The van der Waals surface area contributed by atoms with Crippen LogP contribution in [0.5, 0.6) is 0 Å². The number of carbonyl (C=O) groups excluding carboxylic acids is 2. The summed E-state index contributed by atoms with van der Waals surface area (Å²) in [6.07, 6.45) is 2.70. The molecule has 1 heterocycles. The van der Waals surface area contributed by atoms with Gasteiger partial charge in [0, 0.05) is 17.2 Å². The normalized spacial score (nSPS) is 16.8. The van der Waals surface area contributed by atoms with Crippen LogP contribution in [0.15, 0.2) is 40.3 Å². The molecule has 0 aliphatic carbocycles. The van der Waals surface area contributed by atoms with Crippen LogP contribution in [0.3, 0.4) is 0 Å². The summed E-state index contributed by atoms with van der Waals surface area (Å²) in [5.74, 6) is -2.03. The highest BCUT2D eigenvalue weighted by atomic mass is 35.5. The SMILES string of the molecule is O=C(O)CN1C(=O)SC(=CC(Cl)=Cc2ccc([N+](=O)[O-])cc2)C1=O. The third-order valence-corrected chi connectivity index (χ3v) is 3.97. The number of hydrogen-bond acceptors (Lipinski definition) is 6. The van der Waals surface area contributed by atoms with Crippen molar-refractivity contribution in [1.29, 1.82) is 0 Å².